The first-order valence-electron chi connectivity index (χ1n) is 4.56. The van der Waals surface area contributed by atoms with Crippen molar-refractivity contribution in [2.45, 2.75) is 30.6 Å². The fraction of sp³-hybridized carbons (Fsp3) is 0.750. The van der Waals surface area contributed by atoms with Crippen molar-refractivity contribution in [3.8, 4) is 0 Å². The van der Waals surface area contributed by atoms with Gasteiger partial charge in [0.2, 0.25) is 0 Å². The van der Waals surface area contributed by atoms with Gasteiger partial charge in [-0.2, -0.15) is 61.5 Å². The third-order valence-corrected chi connectivity index (χ3v) is 2.27. The van der Waals surface area contributed by atoms with Gasteiger partial charge >= 0.3 is 30.6 Å². The molecule has 0 spiro atoms. The summed E-state index contributed by atoms with van der Waals surface area (Å²) in [6.45, 7) is 0. The van der Waals surface area contributed by atoms with E-state index in [1.165, 1.54) is 0 Å². The Bertz CT molecular complexity index is 398. The minimum absolute atomic E-state index is 1.98. The maximum Gasteiger partial charge on any atom is 0.454 e. The molecule has 0 aromatic rings. The van der Waals surface area contributed by atoms with Gasteiger partial charge in [-0.3, -0.25) is 0 Å². The molecule has 132 valence electrons. The van der Waals surface area contributed by atoms with Gasteiger partial charge in [0.25, 0.3) is 5.41 Å². The second kappa shape index (κ2) is 5.15. The summed E-state index contributed by atoms with van der Waals surface area (Å²) < 4.78 is 171. The van der Waals surface area contributed by atoms with Crippen molar-refractivity contribution in [2.75, 3.05) is 0 Å². The van der Waals surface area contributed by atoms with Gasteiger partial charge in [-0.1, -0.05) is 0 Å². The molecule has 0 rings (SSSR count). The summed E-state index contributed by atoms with van der Waals surface area (Å²) in [4.78, 5) is 0. The van der Waals surface area contributed by atoms with Crippen LogP contribution in [0.5, 0.6) is 0 Å². The molecule has 0 radical (unpaired) electrons. The summed E-state index contributed by atoms with van der Waals surface area (Å²) in [6.07, 6.45) is -32.5. The maximum absolute atomic E-state index is 12.8. The van der Waals surface area contributed by atoms with Crippen molar-refractivity contribution in [1.29, 1.82) is 0 Å². The zero-order chi connectivity index (χ0) is 18.4. The van der Waals surface area contributed by atoms with E-state index in [0.717, 1.165) is 0 Å². The normalized spacial score (nSPS) is 16.5. The van der Waals surface area contributed by atoms with Crippen molar-refractivity contribution in [2.24, 2.45) is 5.41 Å². The van der Waals surface area contributed by atoms with E-state index in [9.17, 15) is 61.5 Å². The molecular weight excluding hydrogens is 362 g/mol. The zero-order valence-corrected chi connectivity index (χ0v) is 9.45. The largest absolute Gasteiger partial charge is 0.454 e. The van der Waals surface area contributed by atoms with Gasteiger partial charge in [0, 0.05) is 6.08 Å². The quantitative estimate of drug-likeness (QED) is 0.454. The Hall–Kier alpha value is -1.24. The number of alkyl halides is 14. The Balaban J connectivity index is 6.73. The lowest BCUT2D eigenvalue weighted by molar-refractivity contribution is -0.431. The highest BCUT2D eigenvalue weighted by atomic mass is 19.4. The van der Waals surface area contributed by atoms with Crippen LogP contribution in [0.4, 0.5) is 61.5 Å². The molecule has 0 saturated heterocycles. The highest BCUT2D eigenvalue weighted by Gasteiger charge is 2.88. The molecule has 14 heteroatoms. The number of hydrogen-bond donors (Lipinski definition) is 0. The van der Waals surface area contributed by atoms with E-state index in [1.807, 2.05) is 0 Å². The van der Waals surface area contributed by atoms with Gasteiger partial charge in [0.05, 0.1) is 0 Å². The Morgan fingerprint density at radius 3 is 0.909 bits per heavy atom. The lowest BCUT2D eigenvalue weighted by Crippen LogP contribution is -2.65. The molecule has 0 N–H and O–H groups in total. The summed E-state index contributed by atoms with van der Waals surface area (Å²) in [6, 6.07) is 0. The predicted octanol–water partition coefficient (Wildman–Crippen LogP) is 5.41. The van der Waals surface area contributed by atoms with Gasteiger partial charge in [-0.25, -0.2) is 0 Å². The summed E-state index contributed by atoms with van der Waals surface area (Å²) in [5, 5.41) is 0. The predicted molar refractivity (Wildman–Crippen MR) is 40.7 cm³/mol. The van der Waals surface area contributed by atoms with Gasteiger partial charge in [-0.15, -0.1) is 0 Å². The van der Waals surface area contributed by atoms with Crippen molar-refractivity contribution in [3.05, 3.63) is 12.2 Å². The minimum atomic E-state index is -7.60. The van der Waals surface area contributed by atoms with E-state index in [2.05, 4.69) is 0 Å². The summed E-state index contributed by atoms with van der Waals surface area (Å²) in [5.74, 6) is -7.60. The Kier molecular flexibility index (Phi) is 4.86. The molecule has 0 amide bonds. The van der Waals surface area contributed by atoms with Crippen molar-refractivity contribution in [3.63, 3.8) is 0 Å². The van der Waals surface area contributed by atoms with Crippen LogP contribution in [0.25, 0.3) is 0 Å². The molecule has 0 unspecified atom stereocenters. The lowest BCUT2D eigenvalue weighted by atomic mass is 9.78. The molecule has 0 heterocycles. The van der Waals surface area contributed by atoms with Crippen LogP contribution < -0.4 is 0 Å². The Labute approximate surface area is 111 Å². The fourth-order valence-corrected chi connectivity index (χ4v) is 1.25. The van der Waals surface area contributed by atoms with Crippen LogP contribution in [-0.2, 0) is 0 Å². The van der Waals surface area contributed by atoms with Crippen molar-refractivity contribution < 1.29 is 61.5 Å². The van der Waals surface area contributed by atoms with E-state index in [0.29, 0.717) is 0 Å². The monoisotopic (exact) mass is 364 g/mol. The first kappa shape index (κ1) is 20.8. The standard InChI is InChI=1S/C8H2F14/c9-4(10,11)2-1-3(6(14,15)16,7(17,18)19)5(12,13)8(20,21)22/h1-2H. The molecule has 0 saturated carbocycles. The molecule has 0 atom stereocenters. The van der Waals surface area contributed by atoms with Gasteiger partial charge in [0.1, 0.15) is 0 Å². The van der Waals surface area contributed by atoms with Crippen LogP contribution in [0.2, 0.25) is 0 Å². The molecule has 0 aliphatic rings. The van der Waals surface area contributed by atoms with E-state index in [-0.39, 0.29) is 0 Å². The first-order chi connectivity index (χ1) is 9.21. The molecule has 0 aliphatic heterocycles. The second-order valence-electron chi connectivity index (χ2n) is 3.75. The van der Waals surface area contributed by atoms with E-state index in [4.69, 9.17) is 0 Å². The number of rotatable bonds is 2. The van der Waals surface area contributed by atoms with Crippen LogP contribution in [0.1, 0.15) is 0 Å². The van der Waals surface area contributed by atoms with Crippen LogP contribution in [0.3, 0.4) is 0 Å². The van der Waals surface area contributed by atoms with Crippen LogP contribution in [0, 0.1) is 5.41 Å². The third kappa shape index (κ3) is 3.39. The third-order valence-electron chi connectivity index (χ3n) is 2.27. The highest BCUT2D eigenvalue weighted by Crippen LogP contribution is 2.64. The average Bonchev–Trinajstić information content (AvgIpc) is 2.08. The number of halogens is 14. The molecule has 0 aliphatic carbocycles. The highest BCUT2D eigenvalue weighted by molar-refractivity contribution is 5.18. The Morgan fingerprint density at radius 1 is 0.409 bits per heavy atom. The van der Waals surface area contributed by atoms with Gasteiger partial charge < -0.3 is 0 Å². The SMILES string of the molecule is FC(F)(F)C=CC(C(F)(F)F)(C(F)(F)F)C(F)(F)C(F)(F)F. The molecule has 0 aromatic heterocycles. The molecule has 0 bridgehead atoms. The fourth-order valence-electron chi connectivity index (χ4n) is 1.25. The zero-order valence-electron chi connectivity index (χ0n) is 9.45. The Morgan fingerprint density at radius 2 is 0.727 bits per heavy atom. The summed E-state index contributed by atoms with van der Waals surface area (Å²) in [7, 11) is 0. The molecular formula is C8H2F14. The topological polar surface area (TPSA) is 0 Å². The van der Waals surface area contributed by atoms with Crippen LogP contribution in [0.15, 0.2) is 12.2 Å². The summed E-state index contributed by atoms with van der Waals surface area (Å²) >= 11 is 0. The van der Waals surface area contributed by atoms with Crippen molar-refractivity contribution in [1.82, 2.24) is 0 Å². The van der Waals surface area contributed by atoms with E-state index < -0.39 is 48.2 Å². The summed E-state index contributed by atoms with van der Waals surface area (Å²) in [5.41, 5.74) is -7.10. The second-order valence-corrected chi connectivity index (χ2v) is 3.75. The average molecular weight is 364 g/mol. The lowest BCUT2D eigenvalue weighted by Gasteiger charge is -2.41. The number of allylic oxidation sites excluding steroid dienone is 2. The van der Waals surface area contributed by atoms with E-state index in [1.54, 1.807) is 0 Å². The molecule has 22 heavy (non-hydrogen) atoms. The molecule has 0 aromatic carbocycles. The van der Waals surface area contributed by atoms with Crippen LogP contribution in [-0.4, -0.2) is 30.6 Å². The van der Waals surface area contributed by atoms with E-state index >= 15 is 0 Å². The molecule has 0 nitrogen and oxygen atoms in total. The van der Waals surface area contributed by atoms with Gasteiger partial charge in [0.15, 0.2) is 0 Å². The van der Waals surface area contributed by atoms with Gasteiger partial charge in [-0.05, 0) is 6.08 Å². The smallest absolute Gasteiger partial charge is 0.195 e. The first-order valence-corrected chi connectivity index (χ1v) is 4.56. The maximum atomic E-state index is 12.8. The minimum Gasteiger partial charge on any atom is -0.195 e. The van der Waals surface area contributed by atoms with Crippen molar-refractivity contribution >= 4 is 0 Å². The van der Waals surface area contributed by atoms with Crippen LogP contribution >= 0.6 is 0 Å². The molecule has 0 fully saturated rings. The number of hydrogen-bond acceptors (Lipinski definition) is 0.